The number of carbonyl (C=O) groups excluding carboxylic acids is 3. The summed E-state index contributed by atoms with van der Waals surface area (Å²) in [6, 6.07) is 7.36. The van der Waals surface area contributed by atoms with Crippen molar-refractivity contribution in [2.75, 3.05) is 18.5 Å². The van der Waals surface area contributed by atoms with Gasteiger partial charge in [0.2, 0.25) is 5.91 Å². The lowest BCUT2D eigenvalue weighted by Gasteiger charge is -2.55. The lowest BCUT2D eigenvalue weighted by molar-refractivity contribution is -0.152. The molecular formula is C25H29FN4O4. The van der Waals surface area contributed by atoms with Gasteiger partial charge in [-0.05, 0) is 87.5 Å². The number of carbonyl (C=O) groups is 3. The highest BCUT2D eigenvalue weighted by molar-refractivity contribution is 5.93. The van der Waals surface area contributed by atoms with E-state index in [0.717, 1.165) is 19.3 Å². The van der Waals surface area contributed by atoms with E-state index in [0.29, 0.717) is 35.0 Å². The molecule has 2 amide bonds. The van der Waals surface area contributed by atoms with Crippen LogP contribution in [-0.2, 0) is 19.1 Å². The van der Waals surface area contributed by atoms with Crippen LogP contribution in [0.3, 0.4) is 0 Å². The van der Waals surface area contributed by atoms with Crippen molar-refractivity contribution in [2.45, 2.75) is 45.4 Å². The lowest BCUT2D eigenvalue weighted by atomic mass is 9.49. The summed E-state index contributed by atoms with van der Waals surface area (Å²) >= 11 is 0. The van der Waals surface area contributed by atoms with Crippen LogP contribution in [0.2, 0.25) is 0 Å². The highest BCUT2D eigenvalue weighted by atomic mass is 19.1. The molecule has 4 aliphatic carbocycles. The summed E-state index contributed by atoms with van der Waals surface area (Å²) in [5, 5.41) is 9.73. The van der Waals surface area contributed by atoms with Crippen LogP contribution in [-0.4, -0.2) is 40.7 Å². The molecule has 4 bridgehead atoms. The number of hydrogen-bond acceptors (Lipinski definition) is 5. The van der Waals surface area contributed by atoms with Gasteiger partial charge in [0.1, 0.15) is 18.2 Å². The van der Waals surface area contributed by atoms with Crippen LogP contribution in [0.15, 0.2) is 30.3 Å². The van der Waals surface area contributed by atoms with Gasteiger partial charge in [0.05, 0.1) is 11.4 Å². The Labute approximate surface area is 197 Å². The van der Waals surface area contributed by atoms with Crippen molar-refractivity contribution in [1.29, 1.82) is 0 Å². The van der Waals surface area contributed by atoms with Crippen molar-refractivity contribution in [2.24, 2.45) is 23.2 Å². The lowest BCUT2D eigenvalue weighted by Crippen LogP contribution is -2.54. The number of ether oxygens (including phenoxy) is 1. The zero-order valence-electron chi connectivity index (χ0n) is 19.2. The summed E-state index contributed by atoms with van der Waals surface area (Å²) in [4.78, 5) is 37.5. The predicted molar refractivity (Wildman–Crippen MR) is 121 cm³/mol. The van der Waals surface area contributed by atoms with Crippen LogP contribution in [0.25, 0.3) is 5.69 Å². The molecule has 0 aliphatic heterocycles. The molecule has 0 radical (unpaired) electrons. The van der Waals surface area contributed by atoms with Gasteiger partial charge in [-0.2, -0.15) is 5.10 Å². The molecule has 34 heavy (non-hydrogen) atoms. The van der Waals surface area contributed by atoms with E-state index < -0.39 is 18.5 Å². The van der Waals surface area contributed by atoms with Crippen molar-refractivity contribution in [3.8, 4) is 5.69 Å². The van der Waals surface area contributed by atoms with E-state index in [-0.39, 0.29) is 23.7 Å². The van der Waals surface area contributed by atoms with E-state index in [9.17, 15) is 18.8 Å². The number of halogens is 1. The second-order valence-electron chi connectivity index (χ2n) is 10.1. The number of aryl methyl sites for hydroxylation is 1. The second-order valence-corrected chi connectivity index (χ2v) is 10.1. The van der Waals surface area contributed by atoms with Crippen molar-refractivity contribution in [3.63, 3.8) is 0 Å². The van der Waals surface area contributed by atoms with Gasteiger partial charge in [-0.1, -0.05) is 0 Å². The van der Waals surface area contributed by atoms with Crippen LogP contribution >= 0.6 is 0 Å². The van der Waals surface area contributed by atoms with Crippen molar-refractivity contribution >= 4 is 23.6 Å². The number of aromatic nitrogens is 2. The Morgan fingerprint density at radius 1 is 1.09 bits per heavy atom. The molecule has 8 nitrogen and oxygen atoms in total. The maximum atomic E-state index is 13.2. The van der Waals surface area contributed by atoms with Gasteiger partial charge in [-0.3, -0.25) is 14.4 Å². The van der Waals surface area contributed by atoms with E-state index in [1.54, 1.807) is 25.1 Å². The van der Waals surface area contributed by atoms with Crippen LogP contribution < -0.4 is 10.6 Å². The molecule has 2 N–H and O–H groups in total. The minimum Gasteiger partial charge on any atom is -0.454 e. The molecule has 4 aliphatic rings. The van der Waals surface area contributed by atoms with E-state index in [2.05, 4.69) is 15.7 Å². The molecule has 0 unspecified atom stereocenters. The first-order valence-electron chi connectivity index (χ1n) is 11.9. The van der Waals surface area contributed by atoms with E-state index in [1.165, 1.54) is 36.1 Å². The summed E-state index contributed by atoms with van der Waals surface area (Å²) < 4.78 is 19.8. The molecule has 0 atom stereocenters. The molecule has 2 aromatic rings. The molecule has 1 aromatic carbocycles. The number of esters is 1. The van der Waals surface area contributed by atoms with E-state index >= 15 is 0 Å². The zero-order valence-corrected chi connectivity index (χ0v) is 19.2. The summed E-state index contributed by atoms with van der Waals surface area (Å²) in [5.41, 5.74) is 0.904. The zero-order chi connectivity index (χ0) is 23.9. The van der Waals surface area contributed by atoms with Crippen LogP contribution in [0.4, 0.5) is 10.2 Å². The standard InChI is InChI=1S/C25H29FN4O4/c1-15-6-21(30(29-15)20-4-2-19(26)3-5-20)28-22(31)14-34-23(32)13-27-24(33)25-10-16-7-17(11-25)9-18(8-16)12-25/h2-6,16-18H,7-14H2,1H3,(H,27,33)(H,28,31). The number of nitrogens with zero attached hydrogens (tertiary/aromatic N) is 2. The minimum atomic E-state index is -0.656. The molecule has 9 heteroatoms. The van der Waals surface area contributed by atoms with Crippen molar-refractivity contribution in [1.82, 2.24) is 15.1 Å². The molecule has 1 heterocycles. The van der Waals surface area contributed by atoms with Crippen molar-refractivity contribution in [3.05, 3.63) is 41.8 Å². The Morgan fingerprint density at radius 3 is 2.32 bits per heavy atom. The third-order valence-corrected chi connectivity index (χ3v) is 7.45. The summed E-state index contributed by atoms with van der Waals surface area (Å²) in [6.07, 6.45) is 6.48. The van der Waals surface area contributed by atoms with Gasteiger partial charge in [-0.15, -0.1) is 0 Å². The monoisotopic (exact) mass is 468 g/mol. The topological polar surface area (TPSA) is 102 Å². The molecule has 0 saturated heterocycles. The minimum absolute atomic E-state index is 0.0494. The fraction of sp³-hybridized carbons (Fsp3) is 0.520. The summed E-state index contributed by atoms with van der Waals surface area (Å²) in [7, 11) is 0. The Kier molecular flexibility index (Phi) is 5.87. The first kappa shape index (κ1) is 22.6. The van der Waals surface area contributed by atoms with E-state index in [1.807, 2.05) is 0 Å². The third kappa shape index (κ3) is 4.56. The summed E-state index contributed by atoms with van der Waals surface area (Å²) in [6.45, 7) is 1.03. The molecule has 6 rings (SSSR count). The smallest absolute Gasteiger partial charge is 0.325 e. The molecule has 4 fully saturated rings. The highest BCUT2D eigenvalue weighted by Crippen LogP contribution is 2.60. The van der Waals surface area contributed by atoms with Crippen LogP contribution in [0, 0.1) is 35.9 Å². The van der Waals surface area contributed by atoms with Gasteiger partial charge in [0.15, 0.2) is 6.61 Å². The first-order valence-corrected chi connectivity index (χ1v) is 11.9. The van der Waals surface area contributed by atoms with Gasteiger partial charge >= 0.3 is 5.97 Å². The highest BCUT2D eigenvalue weighted by Gasteiger charge is 2.54. The maximum Gasteiger partial charge on any atom is 0.325 e. The predicted octanol–water partition coefficient (Wildman–Crippen LogP) is 3.13. The normalized spacial score (nSPS) is 26.8. The average Bonchev–Trinajstić information content (AvgIpc) is 3.15. The summed E-state index contributed by atoms with van der Waals surface area (Å²) in [5.74, 6) is 0.673. The largest absolute Gasteiger partial charge is 0.454 e. The quantitative estimate of drug-likeness (QED) is 0.608. The first-order chi connectivity index (χ1) is 16.3. The van der Waals surface area contributed by atoms with Gasteiger partial charge in [0, 0.05) is 11.5 Å². The molecule has 4 saturated carbocycles. The van der Waals surface area contributed by atoms with Crippen LogP contribution in [0.5, 0.6) is 0 Å². The number of hydrogen-bond donors (Lipinski definition) is 2. The second kappa shape index (κ2) is 8.85. The van der Waals surface area contributed by atoms with Gasteiger partial charge in [-0.25, -0.2) is 9.07 Å². The number of rotatable bonds is 7. The molecule has 0 spiro atoms. The maximum absolute atomic E-state index is 13.2. The van der Waals surface area contributed by atoms with E-state index in [4.69, 9.17) is 4.74 Å². The van der Waals surface area contributed by atoms with Gasteiger partial charge in [0.25, 0.3) is 5.91 Å². The Morgan fingerprint density at radius 2 is 1.71 bits per heavy atom. The molecular weight excluding hydrogens is 439 g/mol. The number of benzene rings is 1. The Balaban J connectivity index is 1.11. The number of amides is 2. The number of nitrogens with one attached hydrogen (secondary N) is 2. The van der Waals surface area contributed by atoms with Crippen molar-refractivity contribution < 1.29 is 23.5 Å². The van der Waals surface area contributed by atoms with Crippen LogP contribution in [0.1, 0.15) is 44.2 Å². The Bertz CT molecular complexity index is 1080. The SMILES string of the molecule is Cc1cc(NC(=O)COC(=O)CNC(=O)C23CC4CC(CC(C4)C2)C3)n(-c2ccc(F)cc2)n1. The fourth-order valence-corrected chi connectivity index (χ4v) is 6.47. The molecule has 1 aromatic heterocycles. The fourth-order valence-electron chi connectivity index (χ4n) is 6.47. The van der Waals surface area contributed by atoms with Gasteiger partial charge < -0.3 is 15.4 Å². The average molecular weight is 469 g/mol. The number of anilines is 1. The molecule has 180 valence electrons. The Hall–Kier alpha value is -3.23. The third-order valence-electron chi connectivity index (χ3n) is 7.45.